The summed E-state index contributed by atoms with van der Waals surface area (Å²) < 4.78 is 50.0. The van der Waals surface area contributed by atoms with Gasteiger partial charge in [-0.3, -0.25) is 4.79 Å². The van der Waals surface area contributed by atoms with Crippen molar-refractivity contribution >= 4 is 5.78 Å². The molecular formula is C19H28O3. The lowest BCUT2D eigenvalue weighted by molar-refractivity contribution is -0.135. The minimum Gasteiger partial charge on any atom is -0.393 e. The normalized spacial score (nSPS) is 66.6. The molecule has 3 nitrogen and oxygen atoms in total. The number of ketones is 1. The van der Waals surface area contributed by atoms with Crippen LogP contribution in [-0.2, 0) is 4.79 Å². The Bertz CT molecular complexity index is 778. The second-order valence-corrected chi connectivity index (χ2v) is 7.92. The molecule has 2 N–H and O–H groups in total. The first-order valence-corrected chi connectivity index (χ1v) is 8.28. The van der Waals surface area contributed by atoms with Gasteiger partial charge in [0, 0.05) is 17.3 Å². The molecule has 0 aromatic carbocycles. The number of hydrogen-bond donors (Lipinski definition) is 2. The van der Waals surface area contributed by atoms with Crippen molar-refractivity contribution in [1.29, 1.82) is 0 Å². The molecular weight excluding hydrogens is 276 g/mol. The van der Waals surface area contributed by atoms with Crippen LogP contribution in [0.15, 0.2) is 11.6 Å². The zero-order valence-corrected chi connectivity index (χ0v) is 13.1. The van der Waals surface area contributed by atoms with Crippen LogP contribution in [0.3, 0.4) is 0 Å². The largest absolute Gasteiger partial charge is 0.393 e. The van der Waals surface area contributed by atoms with E-state index in [-0.39, 0.29) is 35.7 Å². The Kier molecular flexibility index (Phi) is 2.03. The lowest BCUT2D eigenvalue weighted by atomic mass is 9.47. The topological polar surface area (TPSA) is 57.5 Å². The van der Waals surface area contributed by atoms with Crippen LogP contribution in [0.1, 0.15) is 66.9 Å². The fourth-order valence-electron chi connectivity index (χ4n) is 5.57. The van der Waals surface area contributed by atoms with Crippen molar-refractivity contribution in [2.75, 3.05) is 0 Å². The number of carbonyl (C=O) groups is 1. The highest BCUT2D eigenvalue weighted by atomic mass is 16.3. The lowest BCUT2D eigenvalue weighted by Gasteiger charge is -2.58. The summed E-state index contributed by atoms with van der Waals surface area (Å²) in [5.74, 6) is -0.683. The minimum atomic E-state index is -3.06. The predicted molar refractivity (Wildman–Crippen MR) is 84.1 cm³/mol. The lowest BCUT2D eigenvalue weighted by Crippen LogP contribution is -2.54. The van der Waals surface area contributed by atoms with E-state index >= 15 is 0 Å². The number of fused-ring (bicyclic) bond motifs is 5. The average Bonchev–Trinajstić information content (AvgIpc) is 2.85. The molecule has 0 heterocycles. The molecule has 0 spiro atoms. The zero-order valence-electron chi connectivity index (χ0n) is 19.1. The number of aliphatic hydroxyl groups excluding tert-OH is 1. The third kappa shape index (κ3) is 1.78. The Morgan fingerprint density at radius 2 is 2.00 bits per heavy atom. The second-order valence-electron chi connectivity index (χ2n) is 7.92. The van der Waals surface area contributed by atoms with E-state index in [1.165, 1.54) is 0 Å². The highest BCUT2D eigenvalue weighted by Gasteiger charge is 2.60. The van der Waals surface area contributed by atoms with Gasteiger partial charge >= 0.3 is 0 Å². The van der Waals surface area contributed by atoms with Crippen LogP contribution in [0.4, 0.5) is 0 Å². The van der Waals surface area contributed by atoms with Gasteiger partial charge in [0.25, 0.3) is 0 Å². The maximum Gasteiger partial charge on any atom is 0.139 e. The molecule has 0 radical (unpaired) electrons. The van der Waals surface area contributed by atoms with Gasteiger partial charge in [-0.05, 0) is 61.6 Å². The third-order valence-corrected chi connectivity index (χ3v) is 6.95. The molecule has 22 heavy (non-hydrogen) atoms. The van der Waals surface area contributed by atoms with Gasteiger partial charge in [-0.2, -0.15) is 0 Å². The summed E-state index contributed by atoms with van der Waals surface area (Å²) in [6.07, 6.45) is -7.78. The van der Waals surface area contributed by atoms with Gasteiger partial charge in [0.1, 0.15) is 5.78 Å². The summed E-state index contributed by atoms with van der Waals surface area (Å²) in [7, 11) is 0. The van der Waals surface area contributed by atoms with E-state index in [4.69, 9.17) is 8.22 Å². The van der Waals surface area contributed by atoms with Crippen LogP contribution in [0.5, 0.6) is 0 Å². The predicted octanol–water partition coefficient (Wildman–Crippen LogP) is 2.85. The first-order chi connectivity index (χ1) is 12.6. The highest BCUT2D eigenvalue weighted by molar-refractivity contribution is 5.87. The second kappa shape index (κ2) is 4.67. The highest BCUT2D eigenvalue weighted by Crippen LogP contribution is 2.63. The summed E-state index contributed by atoms with van der Waals surface area (Å²) >= 11 is 0. The van der Waals surface area contributed by atoms with Crippen molar-refractivity contribution in [2.24, 2.45) is 28.6 Å². The molecule has 0 aliphatic heterocycles. The van der Waals surface area contributed by atoms with Crippen LogP contribution in [-0.4, -0.2) is 28.2 Å². The van der Waals surface area contributed by atoms with Gasteiger partial charge in [-0.25, -0.2) is 0 Å². The van der Waals surface area contributed by atoms with E-state index in [1.807, 2.05) is 6.92 Å². The summed E-state index contributed by atoms with van der Waals surface area (Å²) in [5, 5.41) is 21.5. The van der Waals surface area contributed by atoms with Gasteiger partial charge in [0.2, 0.25) is 0 Å². The first kappa shape index (κ1) is 9.58. The molecule has 0 amide bonds. The number of aliphatic hydroxyl groups is 2. The molecule has 0 saturated heterocycles. The molecule has 0 aromatic rings. The Balaban J connectivity index is 1.92. The number of Topliss-reactive ketones (excluding diaryl/α,β-unsaturated/α-hetero) is 1. The van der Waals surface area contributed by atoms with Crippen molar-refractivity contribution in [2.45, 2.75) is 70.9 Å². The molecule has 4 rings (SSSR count). The number of hydrogen-bond acceptors (Lipinski definition) is 3. The van der Waals surface area contributed by atoms with Crippen LogP contribution < -0.4 is 0 Å². The molecule has 122 valence electrons. The van der Waals surface area contributed by atoms with E-state index in [9.17, 15) is 15.0 Å². The van der Waals surface area contributed by atoms with Gasteiger partial charge < -0.3 is 10.2 Å². The average molecular weight is 310 g/mol. The quantitative estimate of drug-likeness (QED) is 0.676. The SMILES string of the molecule is [2H]C1=C2C([2H])([2H])[C@@]([2H])(O)C([2H])([2H])C[C@]2(C)[C@H]2CC[C@]3(C)C(=O)CC[C@H]3[C@@H]2[C@H]1O. The summed E-state index contributed by atoms with van der Waals surface area (Å²) in [6.45, 7) is 3.63. The van der Waals surface area contributed by atoms with E-state index in [0.29, 0.717) is 25.7 Å². The van der Waals surface area contributed by atoms with E-state index in [1.54, 1.807) is 6.92 Å². The summed E-state index contributed by atoms with van der Waals surface area (Å²) in [4.78, 5) is 12.5. The van der Waals surface area contributed by atoms with Gasteiger partial charge in [-0.15, -0.1) is 0 Å². The molecule has 3 heteroatoms. The van der Waals surface area contributed by atoms with Crippen LogP contribution in [0.25, 0.3) is 0 Å². The fourth-order valence-corrected chi connectivity index (χ4v) is 5.57. The van der Waals surface area contributed by atoms with Crippen molar-refractivity contribution in [1.82, 2.24) is 0 Å². The first-order valence-electron chi connectivity index (χ1n) is 11.3. The van der Waals surface area contributed by atoms with Gasteiger partial charge in [0.15, 0.2) is 0 Å². The molecule has 3 saturated carbocycles. The fraction of sp³-hybridized carbons (Fsp3) is 0.842. The molecule has 4 aliphatic carbocycles. The van der Waals surface area contributed by atoms with Crippen molar-refractivity contribution < 1.29 is 23.2 Å². The van der Waals surface area contributed by atoms with E-state index in [2.05, 4.69) is 0 Å². The van der Waals surface area contributed by atoms with E-state index < -0.39 is 41.7 Å². The standard InChI is InChI=1S/C19H28O3/c1-18-7-5-12(20)9-11(18)10-15(21)17-13-3-4-16(22)19(13,2)8-6-14(17)18/h10,12-15,17,20-21H,3-9H2,1-2H3/t12-,13-,14-,15-,17-,18-,19-/m0/s1/i5D2,9D2,10D,12D. The maximum absolute atomic E-state index is 12.5. The molecule has 7 atom stereocenters. The Labute approximate surface area is 141 Å². The van der Waals surface area contributed by atoms with E-state index in [0.717, 1.165) is 0 Å². The van der Waals surface area contributed by atoms with Gasteiger partial charge in [-0.1, -0.05) is 25.5 Å². The maximum atomic E-state index is 12.5. The Hall–Kier alpha value is -0.670. The molecule has 0 bridgehead atoms. The Morgan fingerprint density at radius 1 is 1.27 bits per heavy atom. The summed E-state index contributed by atoms with van der Waals surface area (Å²) in [5.41, 5.74) is -1.80. The number of rotatable bonds is 0. The minimum absolute atomic E-state index is 0.124. The van der Waals surface area contributed by atoms with Gasteiger partial charge in [0.05, 0.1) is 14.9 Å². The third-order valence-electron chi connectivity index (χ3n) is 6.95. The van der Waals surface area contributed by atoms with Crippen LogP contribution >= 0.6 is 0 Å². The van der Waals surface area contributed by atoms with Crippen molar-refractivity contribution in [3.05, 3.63) is 11.6 Å². The summed E-state index contributed by atoms with van der Waals surface area (Å²) in [6, 6.07) is -0.349. The van der Waals surface area contributed by atoms with Crippen LogP contribution in [0, 0.1) is 28.6 Å². The zero-order chi connectivity index (χ0) is 21.1. The monoisotopic (exact) mass is 310 g/mol. The smallest absolute Gasteiger partial charge is 0.139 e. The Morgan fingerprint density at radius 3 is 2.77 bits per heavy atom. The molecule has 4 aliphatic rings. The van der Waals surface area contributed by atoms with Crippen molar-refractivity contribution in [3.63, 3.8) is 0 Å². The molecule has 3 fully saturated rings. The molecule has 0 aromatic heterocycles. The van der Waals surface area contributed by atoms with Crippen LogP contribution in [0.2, 0.25) is 0 Å². The molecule has 0 unspecified atom stereocenters. The number of carbonyl (C=O) groups excluding carboxylic acids is 1. The van der Waals surface area contributed by atoms with Crippen molar-refractivity contribution in [3.8, 4) is 0 Å².